The third-order valence-electron chi connectivity index (χ3n) is 5.06. The number of esters is 2. The van der Waals surface area contributed by atoms with Crippen molar-refractivity contribution >= 4 is 23.7 Å². The quantitative estimate of drug-likeness (QED) is 0.345. The molecule has 202 valence electrons. The lowest BCUT2D eigenvalue weighted by Gasteiger charge is -2.34. The molecule has 0 heterocycles. The first-order valence-corrected chi connectivity index (χ1v) is 10.6. The second kappa shape index (κ2) is 11.1. The number of alkyl halides is 6. The summed E-state index contributed by atoms with van der Waals surface area (Å²) in [6.07, 6.45) is -10.8. The third kappa shape index (κ3) is 5.79. The maximum absolute atomic E-state index is 14.2. The molecule has 2 unspecified atom stereocenters. The molecule has 2 amide bonds. The van der Waals surface area contributed by atoms with Crippen LogP contribution in [0.4, 0.5) is 36.8 Å². The number of rotatable bonds is 8. The summed E-state index contributed by atoms with van der Waals surface area (Å²) in [5, 5.41) is 13.6. The van der Waals surface area contributed by atoms with Gasteiger partial charge in [0.15, 0.2) is 0 Å². The second-order valence-corrected chi connectivity index (χ2v) is 7.42. The number of hydrogen-bond donors (Lipinski definition) is 3. The number of nitrogens with one attached hydrogen (secondary N) is 2. The summed E-state index contributed by atoms with van der Waals surface area (Å²) >= 11 is 0. The molecule has 0 fully saturated rings. The average molecular weight is 536 g/mol. The van der Waals surface area contributed by atoms with Gasteiger partial charge in [-0.05, 0) is 31.5 Å². The normalized spacial score (nSPS) is 15.1. The van der Waals surface area contributed by atoms with Crippen LogP contribution in [0.15, 0.2) is 54.6 Å². The predicted octanol–water partition coefficient (Wildman–Crippen LogP) is 4.14. The number of aliphatic hydroxyl groups is 1. The van der Waals surface area contributed by atoms with Gasteiger partial charge in [-0.3, -0.25) is 0 Å². The molecule has 3 N–H and O–H groups in total. The molecule has 0 aliphatic carbocycles. The highest BCUT2D eigenvalue weighted by molar-refractivity contribution is 5.95. The zero-order valence-corrected chi connectivity index (χ0v) is 19.4. The van der Waals surface area contributed by atoms with Crippen LogP contribution >= 0.6 is 0 Å². The molecule has 0 saturated heterocycles. The first kappa shape index (κ1) is 29.4. The Balaban J connectivity index is 2.41. The minimum Gasteiger partial charge on any atom is -0.464 e. The van der Waals surface area contributed by atoms with Gasteiger partial charge in [-0.25, -0.2) is 14.4 Å². The molecule has 2 aromatic rings. The average Bonchev–Trinajstić information content (AvgIpc) is 2.81. The summed E-state index contributed by atoms with van der Waals surface area (Å²) < 4.78 is 92.1. The molecule has 0 aliphatic heterocycles. The molecule has 0 aliphatic rings. The van der Waals surface area contributed by atoms with E-state index in [-0.39, 0.29) is 5.69 Å². The highest BCUT2D eigenvalue weighted by Gasteiger charge is 2.64. The van der Waals surface area contributed by atoms with Crippen LogP contribution in [0.1, 0.15) is 25.0 Å². The van der Waals surface area contributed by atoms with Crippen LogP contribution in [0, 0.1) is 0 Å². The van der Waals surface area contributed by atoms with Crippen LogP contribution in [0.2, 0.25) is 0 Å². The highest BCUT2D eigenvalue weighted by Crippen LogP contribution is 2.41. The number of amides is 2. The zero-order valence-electron chi connectivity index (χ0n) is 19.4. The van der Waals surface area contributed by atoms with Crippen LogP contribution in [-0.2, 0) is 30.2 Å². The van der Waals surface area contributed by atoms with Gasteiger partial charge in [-0.2, -0.15) is 26.3 Å². The SMILES string of the molecule is CCOC(=O)C(O)(c1ccc(NC(=O)NC(C(=O)OCC)(c2ccccc2)C(F)(F)F)cc1)C(F)(F)F. The van der Waals surface area contributed by atoms with Crippen LogP contribution in [-0.4, -0.2) is 48.6 Å². The summed E-state index contributed by atoms with van der Waals surface area (Å²) in [5.74, 6) is -3.81. The van der Waals surface area contributed by atoms with Gasteiger partial charge in [-0.15, -0.1) is 0 Å². The molecular weight excluding hydrogens is 514 g/mol. The Morgan fingerprint density at radius 2 is 1.27 bits per heavy atom. The Morgan fingerprint density at radius 3 is 1.73 bits per heavy atom. The van der Waals surface area contributed by atoms with Crippen LogP contribution < -0.4 is 10.6 Å². The van der Waals surface area contributed by atoms with Crippen molar-refractivity contribution in [1.82, 2.24) is 5.32 Å². The summed E-state index contributed by atoms with van der Waals surface area (Å²) in [4.78, 5) is 36.9. The standard InChI is InChI=1S/C23H22F6N2O6/c1-3-36-17(32)20(22(24,25)26,14-8-6-5-7-9-14)31-19(34)30-16-12-10-15(11-13-16)21(35,23(27,28)29)18(33)37-4-2/h5-13,35H,3-4H2,1-2H3,(H2,30,31,34). The molecule has 2 rings (SSSR count). The van der Waals surface area contributed by atoms with Gasteiger partial charge in [0, 0.05) is 11.3 Å². The van der Waals surface area contributed by atoms with E-state index in [1.165, 1.54) is 32.0 Å². The Labute approximate surface area is 206 Å². The molecular formula is C23H22F6N2O6. The van der Waals surface area contributed by atoms with E-state index >= 15 is 0 Å². The van der Waals surface area contributed by atoms with Gasteiger partial charge in [-0.1, -0.05) is 42.5 Å². The minimum absolute atomic E-state index is 0.331. The molecule has 2 atom stereocenters. The molecule has 2 aromatic carbocycles. The first-order chi connectivity index (χ1) is 17.1. The number of ether oxygens (including phenoxy) is 2. The number of halogens is 6. The predicted molar refractivity (Wildman–Crippen MR) is 116 cm³/mol. The number of carbonyl (C=O) groups excluding carboxylic acids is 3. The van der Waals surface area contributed by atoms with Crippen molar-refractivity contribution in [2.24, 2.45) is 0 Å². The van der Waals surface area contributed by atoms with Crippen LogP contribution in [0.25, 0.3) is 0 Å². The van der Waals surface area contributed by atoms with E-state index in [2.05, 4.69) is 9.47 Å². The van der Waals surface area contributed by atoms with E-state index in [9.17, 15) is 45.8 Å². The molecule has 0 bridgehead atoms. The molecule has 8 nitrogen and oxygen atoms in total. The van der Waals surface area contributed by atoms with E-state index < -0.39 is 65.8 Å². The Bertz CT molecular complexity index is 1110. The Hall–Kier alpha value is -3.81. The third-order valence-corrected chi connectivity index (χ3v) is 5.06. The lowest BCUT2D eigenvalue weighted by Crippen LogP contribution is -2.62. The van der Waals surface area contributed by atoms with Crippen molar-refractivity contribution in [2.45, 2.75) is 37.3 Å². The number of urea groups is 1. The topological polar surface area (TPSA) is 114 Å². The van der Waals surface area contributed by atoms with Gasteiger partial charge in [0.2, 0.25) is 0 Å². The van der Waals surface area contributed by atoms with Gasteiger partial charge < -0.3 is 25.2 Å². The largest absolute Gasteiger partial charge is 0.464 e. The summed E-state index contributed by atoms with van der Waals surface area (Å²) in [7, 11) is 0. The maximum atomic E-state index is 14.2. The first-order valence-electron chi connectivity index (χ1n) is 10.6. The molecule has 0 aromatic heterocycles. The van der Waals surface area contributed by atoms with Crippen molar-refractivity contribution in [1.29, 1.82) is 0 Å². The molecule has 0 spiro atoms. The fourth-order valence-corrected chi connectivity index (χ4v) is 3.28. The van der Waals surface area contributed by atoms with Crippen molar-refractivity contribution in [3.8, 4) is 0 Å². The molecule has 0 saturated carbocycles. The maximum Gasteiger partial charge on any atom is 0.432 e. The molecule has 14 heteroatoms. The lowest BCUT2D eigenvalue weighted by atomic mass is 9.89. The summed E-state index contributed by atoms with van der Waals surface area (Å²) in [6.45, 7) is 1.60. The van der Waals surface area contributed by atoms with Crippen LogP contribution in [0.3, 0.4) is 0 Å². The monoisotopic (exact) mass is 536 g/mol. The van der Waals surface area contributed by atoms with E-state index in [0.717, 1.165) is 24.3 Å². The summed E-state index contributed by atoms with van der Waals surface area (Å²) in [5.41, 5.74) is -9.61. The van der Waals surface area contributed by atoms with Crippen molar-refractivity contribution in [2.75, 3.05) is 18.5 Å². The number of benzene rings is 2. The van der Waals surface area contributed by atoms with Gasteiger partial charge in [0.05, 0.1) is 13.2 Å². The number of hydrogen-bond acceptors (Lipinski definition) is 6. The Morgan fingerprint density at radius 1 is 0.757 bits per heavy atom. The summed E-state index contributed by atoms with van der Waals surface area (Å²) in [6, 6.07) is 6.99. The number of carbonyl (C=O) groups is 3. The van der Waals surface area contributed by atoms with Crippen molar-refractivity contribution < 1.29 is 55.3 Å². The van der Waals surface area contributed by atoms with E-state index in [1.807, 2.05) is 5.32 Å². The van der Waals surface area contributed by atoms with Gasteiger partial charge in [0.1, 0.15) is 0 Å². The van der Waals surface area contributed by atoms with E-state index in [4.69, 9.17) is 0 Å². The zero-order chi connectivity index (χ0) is 28.1. The minimum atomic E-state index is -5.48. The molecule has 0 radical (unpaired) electrons. The van der Waals surface area contributed by atoms with Gasteiger partial charge in [0.25, 0.3) is 11.1 Å². The smallest absolute Gasteiger partial charge is 0.432 e. The second-order valence-electron chi connectivity index (χ2n) is 7.42. The Kier molecular flexibility index (Phi) is 8.80. The van der Waals surface area contributed by atoms with E-state index in [1.54, 1.807) is 5.32 Å². The lowest BCUT2D eigenvalue weighted by molar-refractivity contribution is -0.267. The van der Waals surface area contributed by atoms with Gasteiger partial charge >= 0.3 is 30.3 Å². The molecule has 37 heavy (non-hydrogen) atoms. The highest BCUT2D eigenvalue weighted by atomic mass is 19.4. The van der Waals surface area contributed by atoms with Crippen LogP contribution in [0.5, 0.6) is 0 Å². The van der Waals surface area contributed by atoms with Crippen molar-refractivity contribution in [3.63, 3.8) is 0 Å². The fraction of sp³-hybridized carbons (Fsp3) is 0.348. The van der Waals surface area contributed by atoms with E-state index in [0.29, 0.717) is 12.1 Å². The van der Waals surface area contributed by atoms with Crippen molar-refractivity contribution in [3.05, 3.63) is 65.7 Å². The fourth-order valence-electron chi connectivity index (χ4n) is 3.28. The number of anilines is 1.